The van der Waals surface area contributed by atoms with Gasteiger partial charge < -0.3 is 15.0 Å². The second kappa shape index (κ2) is 9.89. The SMILES string of the molecule is O=C(Nc1cccc(C(=O)N2CCC(c3nc(-c4ccccc4)n[nH]3)CC2)c1)C1Cc2ccccc2O1. The lowest BCUT2D eigenvalue weighted by Gasteiger charge is -2.31. The molecule has 186 valence electrons. The third kappa shape index (κ3) is 4.82. The van der Waals surface area contributed by atoms with Gasteiger partial charge in [0.2, 0.25) is 0 Å². The Kier molecular flexibility index (Phi) is 6.14. The average molecular weight is 494 g/mol. The van der Waals surface area contributed by atoms with Crippen LogP contribution in [-0.2, 0) is 11.2 Å². The maximum atomic E-state index is 13.2. The molecule has 4 aromatic rings. The highest BCUT2D eigenvalue weighted by molar-refractivity contribution is 5.98. The fourth-order valence-corrected chi connectivity index (χ4v) is 4.99. The van der Waals surface area contributed by atoms with Crippen molar-refractivity contribution in [3.8, 4) is 17.1 Å². The van der Waals surface area contributed by atoms with Crippen LogP contribution in [0.3, 0.4) is 0 Å². The van der Waals surface area contributed by atoms with Gasteiger partial charge in [-0.25, -0.2) is 4.98 Å². The fraction of sp³-hybridized carbons (Fsp3) is 0.241. The highest BCUT2D eigenvalue weighted by Gasteiger charge is 2.30. The number of hydrogen-bond donors (Lipinski definition) is 2. The van der Waals surface area contributed by atoms with Crippen molar-refractivity contribution < 1.29 is 14.3 Å². The van der Waals surface area contributed by atoms with E-state index in [1.807, 2.05) is 59.5 Å². The Hall–Kier alpha value is -4.46. The molecule has 8 nitrogen and oxygen atoms in total. The van der Waals surface area contributed by atoms with E-state index in [0.29, 0.717) is 36.6 Å². The summed E-state index contributed by atoms with van der Waals surface area (Å²) in [7, 11) is 0. The molecule has 0 saturated carbocycles. The third-order valence-electron chi connectivity index (χ3n) is 7.02. The van der Waals surface area contributed by atoms with Crippen molar-refractivity contribution in [3.05, 3.63) is 95.8 Å². The topological polar surface area (TPSA) is 100 Å². The molecule has 0 radical (unpaired) electrons. The minimum absolute atomic E-state index is 0.0402. The third-order valence-corrected chi connectivity index (χ3v) is 7.02. The monoisotopic (exact) mass is 493 g/mol. The minimum atomic E-state index is -0.575. The van der Waals surface area contributed by atoms with Crippen LogP contribution >= 0.6 is 0 Å². The van der Waals surface area contributed by atoms with Gasteiger partial charge in [-0.1, -0.05) is 54.6 Å². The van der Waals surface area contributed by atoms with Gasteiger partial charge >= 0.3 is 0 Å². The first-order chi connectivity index (χ1) is 18.1. The van der Waals surface area contributed by atoms with Gasteiger partial charge in [-0.3, -0.25) is 14.7 Å². The number of fused-ring (bicyclic) bond motifs is 1. The molecule has 0 spiro atoms. The predicted octanol–water partition coefficient (Wildman–Crippen LogP) is 4.43. The maximum Gasteiger partial charge on any atom is 0.265 e. The molecule has 6 rings (SSSR count). The van der Waals surface area contributed by atoms with Gasteiger partial charge in [0.25, 0.3) is 11.8 Å². The first-order valence-corrected chi connectivity index (χ1v) is 12.6. The Labute approximate surface area is 214 Å². The van der Waals surface area contributed by atoms with Crippen molar-refractivity contribution in [2.75, 3.05) is 18.4 Å². The lowest BCUT2D eigenvalue weighted by molar-refractivity contribution is -0.122. The summed E-state index contributed by atoms with van der Waals surface area (Å²) in [6.45, 7) is 1.27. The first kappa shape index (κ1) is 23.0. The molecule has 1 aromatic heterocycles. The largest absolute Gasteiger partial charge is 0.480 e. The molecular weight excluding hydrogens is 466 g/mol. The van der Waals surface area contributed by atoms with Gasteiger partial charge in [0.05, 0.1) is 0 Å². The molecule has 1 fully saturated rings. The molecule has 8 heteroatoms. The zero-order valence-electron chi connectivity index (χ0n) is 20.3. The Bertz CT molecular complexity index is 1400. The number of hydrogen-bond acceptors (Lipinski definition) is 5. The molecule has 2 aliphatic rings. The number of benzene rings is 3. The smallest absolute Gasteiger partial charge is 0.265 e. The molecule has 2 amide bonds. The van der Waals surface area contributed by atoms with Crippen LogP contribution in [0, 0.1) is 0 Å². The summed E-state index contributed by atoms with van der Waals surface area (Å²) in [5, 5.41) is 10.4. The lowest BCUT2D eigenvalue weighted by atomic mass is 9.95. The van der Waals surface area contributed by atoms with Crippen molar-refractivity contribution in [1.82, 2.24) is 20.1 Å². The summed E-state index contributed by atoms with van der Waals surface area (Å²) >= 11 is 0. The number of aromatic nitrogens is 3. The summed E-state index contributed by atoms with van der Waals surface area (Å²) in [5.74, 6) is 2.28. The molecule has 1 saturated heterocycles. The number of ether oxygens (including phenoxy) is 1. The van der Waals surface area contributed by atoms with E-state index >= 15 is 0 Å². The van der Waals surface area contributed by atoms with Crippen LogP contribution in [0.4, 0.5) is 5.69 Å². The molecule has 3 heterocycles. The second-order valence-electron chi connectivity index (χ2n) is 9.47. The van der Waals surface area contributed by atoms with Crippen molar-refractivity contribution in [2.45, 2.75) is 31.3 Å². The number of aromatic amines is 1. The summed E-state index contributed by atoms with van der Waals surface area (Å²) in [6.07, 6.45) is 1.58. The van der Waals surface area contributed by atoms with Crippen LogP contribution in [-0.4, -0.2) is 51.1 Å². The van der Waals surface area contributed by atoms with Crippen LogP contribution in [0.15, 0.2) is 78.9 Å². The minimum Gasteiger partial charge on any atom is -0.480 e. The number of likely N-dealkylation sites (tertiary alicyclic amines) is 1. The summed E-state index contributed by atoms with van der Waals surface area (Å²) < 4.78 is 5.79. The predicted molar refractivity (Wildman–Crippen MR) is 139 cm³/mol. The highest BCUT2D eigenvalue weighted by atomic mass is 16.5. The first-order valence-electron chi connectivity index (χ1n) is 12.6. The number of nitrogens with one attached hydrogen (secondary N) is 2. The Morgan fingerprint density at radius 3 is 2.54 bits per heavy atom. The van der Waals surface area contributed by atoms with E-state index in [1.54, 1.807) is 24.3 Å². The van der Waals surface area contributed by atoms with E-state index in [2.05, 4.69) is 15.5 Å². The molecule has 3 aromatic carbocycles. The normalized spacial score (nSPS) is 17.2. The van der Waals surface area contributed by atoms with E-state index in [-0.39, 0.29) is 17.7 Å². The number of H-pyrrole nitrogens is 1. The van der Waals surface area contributed by atoms with E-state index in [4.69, 9.17) is 9.72 Å². The zero-order chi connectivity index (χ0) is 25.2. The van der Waals surface area contributed by atoms with Crippen LogP contribution in [0.1, 0.15) is 40.5 Å². The van der Waals surface area contributed by atoms with E-state index in [9.17, 15) is 9.59 Å². The Balaban J connectivity index is 1.06. The quantitative estimate of drug-likeness (QED) is 0.428. The molecule has 1 unspecified atom stereocenters. The van der Waals surface area contributed by atoms with Gasteiger partial charge in [0.15, 0.2) is 11.9 Å². The van der Waals surface area contributed by atoms with E-state index in [0.717, 1.165) is 35.5 Å². The molecule has 1 atom stereocenters. The lowest BCUT2D eigenvalue weighted by Crippen LogP contribution is -2.38. The summed E-state index contributed by atoms with van der Waals surface area (Å²) in [5.41, 5.74) is 3.14. The average Bonchev–Trinajstić information content (AvgIpc) is 3.62. The van der Waals surface area contributed by atoms with Gasteiger partial charge in [-0.15, -0.1) is 0 Å². The van der Waals surface area contributed by atoms with Gasteiger partial charge in [-0.05, 0) is 42.7 Å². The number of rotatable bonds is 5. The van der Waals surface area contributed by atoms with E-state index in [1.165, 1.54) is 0 Å². The summed E-state index contributed by atoms with van der Waals surface area (Å²) in [6, 6.07) is 24.7. The molecule has 0 bridgehead atoms. The molecule has 2 aliphatic heterocycles. The number of piperidine rings is 1. The number of anilines is 1. The van der Waals surface area contributed by atoms with Crippen molar-refractivity contribution in [1.29, 1.82) is 0 Å². The molecule has 2 N–H and O–H groups in total. The van der Waals surface area contributed by atoms with Crippen LogP contribution in [0.5, 0.6) is 5.75 Å². The number of carbonyl (C=O) groups is 2. The van der Waals surface area contributed by atoms with Crippen LogP contribution in [0.2, 0.25) is 0 Å². The van der Waals surface area contributed by atoms with Crippen LogP contribution < -0.4 is 10.1 Å². The molecular formula is C29H27N5O3. The summed E-state index contributed by atoms with van der Waals surface area (Å²) in [4.78, 5) is 32.6. The zero-order valence-corrected chi connectivity index (χ0v) is 20.3. The Morgan fingerprint density at radius 1 is 0.946 bits per heavy atom. The van der Waals surface area contributed by atoms with Gasteiger partial charge in [-0.2, -0.15) is 5.10 Å². The van der Waals surface area contributed by atoms with Crippen molar-refractivity contribution in [3.63, 3.8) is 0 Å². The van der Waals surface area contributed by atoms with Gasteiger partial charge in [0.1, 0.15) is 11.6 Å². The number of nitrogens with zero attached hydrogens (tertiary/aromatic N) is 3. The Morgan fingerprint density at radius 2 is 1.73 bits per heavy atom. The van der Waals surface area contributed by atoms with Crippen molar-refractivity contribution in [2.24, 2.45) is 0 Å². The second-order valence-corrected chi connectivity index (χ2v) is 9.47. The standard InChI is InChI=1S/C29H27N5O3/c35-28(25-18-21-9-4-5-12-24(21)37-25)30-23-11-6-10-22(17-23)29(36)34-15-13-20(14-16-34)27-31-26(32-33-27)19-7-2-1-3-8-19/h1-12,17,20,25H,13-16,18H2,(H,30,35)(H,31,32,33). The van der Waals surface area contributed by atoms with Crippen LogP contribution in [0.25, 0.3) is 11.4 Å². The van der Waals surface area contributed by atoms with Crippen molar-refractivity contribution >= 4 is 17.5 Å². The number of amides is 2. The molecule has 0 aliphatic carbocycles. The maximum absolute atomic E-state index is 13.2. The number of para-hydroxylation sites is 1. The van der Waals surface area contributed by atoms with E-state index < -0.39 is 6.10 Å². The number of carbonyl (C=O) groups excluding carboxylic acids is 2. The van der Waals surface area contributed by atoms with Gasteiger partial charge in [0, 0.05) is 42.2 Å². The highest BCUT2D eigenvalue weighted by Crippen LogP contribution is 2.30. The fourth-order valence-electron chi connectivity index (χ4n) is 4.99. The molecule has 37 heavy (non-hydrogen) atoms.